The van der Waals surface area contributed by atoms with Crippen LogP contribution in [0.2, 0.25) is 0 Å². The van der Waals surface area contributed by atoms with Crippen molar-refractivity contribution in [3.63, 3.8) is 0 Å². The Morgan fingerprint density at radius 3 is 2.70 bits per heavy atom. The number of ether oxygens (including phenoxy) is 2. The molecule has 7 nitrogen and oxygen atoms in total. The molecule has 0 saturated heterocycles. The Labute approximate surface area is 141 Å². The summed E-state index contributed by atoms with van der Waals surface area (Å²) in [6.45, 7) is 2.82. The Morgan fingerprint density at radius 2 is 2.04 bits per heavy atom. The quantitative estimate of drug-likeness (QED) is 0.772. The van der Waals surface area contributed by atoms with Gasteiger partial charge in [-0.25, -0.2) is 4.79 Å². The number of carbonyl (C=O) groups excluding carboxylic acids is 2. The zero-order valence-electron chi connectivity index (χ0n) is 12.6. The summed E-state index contributed by atoms with van der Waals surface area (Å²) in [6, 6.07) is 6.98. The van der Waals surface area contributed by atoms with Gasteiger partial charge in [0.2, 0.25) is 0 Å². The highest BCUT2D eigenvalue weighted by atomic mass is 79.9. The second-order valence-corrected chi connectivity index (χ2v) is 5.65. The standard InChI is InChI=1S/C15H15BrN2O5/c1-9-5-11(16)3-4-12(9)17-13(19)7-22-15(20)8-21-14-6-10(2)23-18-14/h3-6H,7-8H2,1-2H3,(H,17,19). The van der Waals surface area contributed by atoms with E-state index in [-0.39, 0.29) is 12.5 Å². The molecule has 0 unspecified atom stereocenters. The van der Waals surface area contributed by atoms with Gasteiger partial charge in [0.15, 0.2) is 13.2 Å². The van der Waals surface area contributed by atoms with Gasteiger partial charge in [-0.2, -0.15) is 0 Å². The Morgan fingerprint density at radius 1 is 1.26 bits per heavy atom. The first kappa shape index (κ1) is 17.0. The molecule has 0 aliphatic rings. The molecule has 0 aliphatic carbocycles. The van der Waals surface area contributed by atoms with Crippen molar-refractivity contribution >= 4 is 33.5 Å². The fourth-order valence-corrected chi connectivity index (χ4v) is 2.16. The minimum atomic E-state index is -0.673. The fraction of sp³-hybridized carbons (Fsp3) is 0.267. The van der Waals surface area contributed by atoms with Gasteiger partial charge in [-0.1, -0.05) is 15.9 Å². The number of esters is 1. The molecule has 8 heteroatoms. The Balaban J connectivity index is 1.74. The van der Waals surface area contributed by atoms with Crippen LogP contribution < -0.4 is 10.1 Å². The second-order valence-electron chi connectivity index (χ2n) is 4.73. The molecular weight excluding hydrogens is 368 g/mol. The number of rotatable bonds is 6. The molecule has 0 aliphatic heterocycles. The van der Waals surface area contributed by atoms with Crippen LogP contribution in [0.15, 0.2) is 33.3 Å². The van der Waals surface area contributed by atoms with Crippen LogP contribution in [0.3, 0.4) is 0 Å². The molecule has 122 valence electrons. The summed E-state index contributed by atoms with van der Waals surface area (Å²) in [7, 11) is 0. The van der Waals surface area contributed by atoms with Gasteiger partial charge in [0.25, 0.3) is 11.8 Å². The maximum Gasteiger partial charge on any atom is 0.344 e. The van der Waals surface area contributed by atoms with Gasteiger partial charge in [0, 0.05) is 16.2 Å². The van der Waals surface area contributed by atoms with Crippen LogP contribution in [0.1, 0.15) is 11.3 Å². The number of halogens is 1. The zero-order chi connectivity index (χ0) is 16.8. The van der Waals surface area contributed by atoms with Gasteiger partial charge in [0.05, 0.1) is 0 Å². The summed E-state index contributed by atoms with van der Waals surface area (Å²) >= 11 is 3.34. The number of aryl methyl sites for hydroxylation is 2. The van der Waals surface area contributed by atoms with E-state index in [1.54, 1.807) is 13.0 Å². The predicted molar refractivity (Wildman–Crippen MR) is 85.2 cm³/mol. The van der Waals surface area contributed by atoms with Gasteiger partial charge >= 0.3 is 5.97 Å². The lowest BCUT2D eigenvalue weighted by atomic mass is 10.2. The van der Waals surface area contributed by atoms with Crippen molar-refractivity contribution in [1.82, 2.24) is 5.16 Å². The molecule has 2 aromatic rings. The third-order valence-electron chi connectivity index (χ3n) is 2.77. The molecule has 1 aromatic carbocycles. The number of amides is 1. The van der Waals surface area contributed by atoms with Crippen LogP contribution in [-0.4, -0.2) is 30.2 Å². The first-order valence-electron chi connectivity index (χ1n) is 6.72. The van der Waals surface area contributed by atoms with E-state index in [9.17, 15) is 9.59 Å². The van der Waals surface area contributed by atoms with Crippen molar-refractivity contribution in [2.24, 2.45) is 0 Å². The number of carbonyl (C=O) groups is 2. The highest BCUT2D eigenvalue weighted by Crippen LogP contribution is 2.19. The molecule has 1 heterocycles. The lowest BCUT2D eigenvalue weighted by Crippen LogP contribution is -2.24. The van der Waals surface area contributed by atoms with Gasteiger partial charge in [-0.3, -0.25) is 4.79 Å². The van der Waals surface area contributed by atoms with Gasteiger partial charge < -0.3 is 19.3 Å². The van der Waals surface area contributed by atoms with Crippen molar-refractivity contribution in [3.05, 3.63) is 40.1 Å². The van der Waals surface area contributed by atoms with E-state index in [1.807, 2.05) is 19.1 Å². The van der Waals surface area contributed by atoms with Crippen LogP contribution in [0, 0.1) is 13.8 Å². The van der Waals surface area contributed by atoms with Crippen molar-refractivity contribution in [2.45, 2.75) is 13.8 Å². The number of aromatic nitrogens is 1. The number of benzene rings is 1. The summed E-state index contributed by atoms with van der Waals surface area (Å²) in [5.74, 6) is -0.346. The average molecular weight is 383 g/mol. The maximum absolute atomic E-state index is 11.8. The molecule has 23 heavy (non-hydrogen) atoms. The molecule has 1 N–H and O–H groups in total. The molecule has 1 aromatic heterocycles. The predicted octanol–water partition coefficient (Wildman–Crippen LogP) is 2.61. The van der Waals surface area contributed by atoms with Crippen molar-refractivity contribution in [1.29, 1.82) is 0 Å². The molecule has 0 saturated carbocycles. The van der Waals surface area contributed by atoms with E-state index < -0.39 is 18.5 Å². The number of nitrogens with zero attached hydrogens (tertiary/aromatic N) is 1. The number of hydrogen-bond acceptors (Lipinski definition) is 6. The lowest BCUT2D eigenvalue weighted by molar-refractivity contribution is -0.149. The van der Waals surface area contributed by atoms with Crippen LogP contribution in [0.4, 0.5) is 5.69 Å². The van der Waals surface area contributed by atoms with Crippen molar-refractivity contribution in [2.75, 3.05) is 18.5 Å². The van der Waals surface area contributed by atoms with Crippen LogP contribution >= 0.6 is 15.9 Å². The Kier molecular flexibility index (Phi) is 5.75. The minimum Gasteiger partial charge on any atom is -0.463 e. The molecule has 1 amide bonds. The molecule has 0 radical (unpaired) electrons. The first-order chi connectivity index (χ1) is 10.9. The lowest BCUT2D eigenvalue weighted by Gasteiger charge is -2.09. The number of nitrogens with one attached hydrogen (secondary N) is 1. The van der Waals surface area contributed by atoms with Gasteiger partial charge in [0.1, 0.15) is 5.76 Å². The summed E-state index contributed by atoms with van der Waals surface area (Å²) < 4.78 is 15.6. The van der Waals surface area contributed by atoms with E-state index in [4.69, 9.17) is 14.0 Å². The molecule has 0 spiro atoms. The molecular formula is C15H15BrN2O5. The maximum atomic E-state index is 11.8. The molecule has 0 fully saturated rings. The average Bonchev–Trinajstić information content (AvgIpc) is 2.91. The summed E-state index contributed by atoms with van der Waals surface area (Å²) in [5.41, 5.74) is 1.55. The van der Waals surface area contributed by atoms with Crippen molar-refractivity contribution in [3.8, 4) is 5.88 Å². The SMILES string of the molecule is Cc1cc(OCC(=O)OCC(=O)Nc2ccc(Br)cc2C)no1. The highest BCUT2D eigenvalue weighted by Gasteiger charge is 2.11. The second kappa shape index (κ2) is 7.77. The Bertz CT molecular complexity index is 714. The molecule has 2 rings (SSSR count). The Hall–Kier alpha value is -2.35. The number of hydrogen-bond donors (Lipinski definition) is 1. The van der Waals surface area contributed by atoms with Crippen LogP contribution in [-0.2, 0) is 14.3 Å². The third kappa shape index (κ3) is 5.41. The number of anilines is 1. The normalized spacial score (nSPS) is 10.2. The van der Waals surface area contributed by atoms with Gasteiger partial charge in [-0.15, -0.1) is 0 Å². The zero-order valence-corrected chi connectivity index (χ0v) is 14.2. The topological polar surface area (TPSA) is 90.7 Å². The van der Waals surface area contributed by atoms with Crippen LogP contribution in [0.5, 0.6) is 5.88 Å². The molecule has 0 bridgehead atoms. The van der Waals surface area contributed by atoms with E-state index in [0.717, 1.165) is 10.0 Å². The van der Waals surface area contributed by atoms with Gasteiger partial charge in [-0.05, 0) is 42.8 Å². The summed E-state index contributed by atoms with van der Waals surface area (Å²) in [4.78, 5) is 23.3. The molecule has 0 atom stereocenters. The minimum absolute atomic E-state index is 0.189. The monoisotopic (exact) mass is 382 g/mol. The van der Waals surface area contributed by atoms with E-state index >= 15 is 0 Å². The van der Waals surface area contributed by atoms with Crippen LogP contribution in [0.25, 0.3) is 0 Å². The van der Waals surface area contributed by atoms with E-state index in [1.165, 1.54) is 6.07 Å². The fourth-order valence-electron chi connectivity index (χ4n) is 1.69. The summed E-state index contributed by atoms with van der Waals surface area (Å²) in [5, 5.41) is 6.23. The van der Waals surface area contributed by atoms with E-state index in [0.29, 0.717) is 11.4 Å². The van der Waals surface area contributed by atoms with Crippen molar-refractivity contribution < 1.29 is 23.6 Å². The summed E-state index contributed by atoms with van der Waals surface area (Å²) in [6.07, 6.45) is 0. The van der Waals surface area contributed by atoms with E-state index in [2.05, 4.69) is 26.4 Å². The first-order valence-corrected chi connectivity index (χ1v) is 7.51. The smallest absolute Gasteiger partial charge is 0.344 e. The third-order valence-corrected chi connectivity index (χ3v) is 3.26. The highest BCUT2D eigenvalue weighted by molar-refractivity contribution is 9.10. The largest absolute Gasteiger partial charge is 0.463 e.